The van der Waals surface area contributed by atoms with Crippen molar-refractivity contribution in [1.29, 1.82) is 5.26 Å². The van der Waals surface area contributed by atoms with E-state index in [1.807, 2.05) is 48.5 Å². The maximum atomic E-state index is 9.81. The number of fused-ring (bicyclic) bond motifs is 3. The monoisotopic (exact) mass is 394 g/mol. The van der Waals surface area contributed by atoms with Crippen LogP contribution in [0.4, 0.5) is 0 Å². The zero-order chi connectivity index (χ0) is 18.9. The van der Waals surface area contributed by atoms with Gasteiger partial charge in [-0.05, 0) is 63.1 Å². The Kier molecular flexibility index (Phi) is 4.32. The number of rotatable bonds is 3. The predicted molar refractivity (Wildman–Crippen MR) is 121 cm³/mol. The third kappa shape index (κ3) is 3.05. The summed E-state index contributed by atoms with van der Waals surface area (Å²) in [5.74, 6) is 0. The van der Waals surface area contributed by atoms with E-state index < -0.39 is 0 Å². The zero-order valence-electron chi connectivity index (χ0n) is 14.8. The van der Waals surface area contributed by atoms with Gasteiger partial charge in [0, 0.05) is 0 Å². The Balaban J connectivity index is 1.66. The molecule has 0 fully saturated rings. The molecular weight excluding hydrogens is 380 g/mol. The minimum atomic E-state index is 0.639. The summed E-state index contributed by atoms with van der Waals surface area (Å²) >= 11 is 3.05. The minimum absolute atomic E-state index is 0.639. The number of hydrogen-bond donors (Lipinski definition) is 0. The predicted octanol–water partition coefficient (Wildman–Crippen LogP) is 7.26. The lowest BCUT2D eigenvalue weighted by molar-refractivity contribution is 1.31. The molecule has 0 unspecified atom stereocenters. The molecule has 0 aliphatic carbocycles. The SMILES string of the molecule is N#CC(=Cc1c2ccccc2cc2ccccc12)Sc1nc2ccccc2s1. The van der Waals surface area contributed by atoms with Gasteiger partial charge in [-0.3, -0.25) is 0 Å². The van der Waals surface area contributed by atoms with E-state index in [0.717, 1.165) is 30.9 Å². The molecule has 0 aliphatic heterocycles. The van der Waals surface area contributed by atoms with Crippen LogP contribution in [0.1, 0.15) is 5.56 Å². The average Bonchev–Trinajstić information content (AvgIpc) is 3.15. The van der Waals surface area contributed by atoms with E-state index in [1.54, 1.807) is 11.3 Å². The van der Waals surface area contributed by atoms with Gasteiger partial charge in [-0.25, -0.2) is 4.98 Å². The molecule has 2 nitrogen and oxygen atoms in total. The second kappa shape index (κ2) is 7.12. The Morgan fingerprint density at radius 3 is 2.21 bits per heavy atom. The molecule has 0 saturated carbocycles. The fourth-order valence-corrected chi connectivity index (χ4v) is 5.37. The molecule has 0 spiro atoms. The van der Waals surface area contributed by atoms with Crippen LogP contribution in [0.25, 0.3) is 37.8 Å². The molecule has 1 aromatic heterocycles. The molecule has 0 radical (unpaired) electrons. The van der Waals surface area contributed by atoms with Crippen LogP contribution in [0.15, 0.2) is 88.1 Å². The van der Waals surface area contributed by atoms with Gasteiger partial charge in [0.2, 0.25) is 0 Å². The van der Waals surface area contributed by atoms with E-state index in [0.29, 0.717) is 4.91 Å². The Labute approximate surface area is 170 Å². The summed E-state index contributed by atoms with van der Waals surface area (Å²) in [4.78, 5) is 5.30. The van der Waals surface area contributed by atoms with E-state index >= 15 is 0 Å². The fraction of sp³-hybridized carbons (Fsp3) is 0. The van der Waals surface area contributed by atoms with Crippen molar-refractivity contribution < 1.29 is 0 Å². The van der Waals surface area contributed by atoms with Crippen molar-refractivity contribution in [2.75, 3.05) is 0 Å². The first-order valence-electron chi connectivity index (χ1n) is 8.87. The van der Waals surface area contributed by atoms with E-state index in [4.69, 9.17) is 0 Å². The second-order valence-electron chi connectivity index (χ2n) is 6.40. The van der Waals surface area contributed by atoms with E-state index in [1.165, 1.54) is 22.5 Å². The molecule has 28 heavy (non-hydrogen) atoms. The number of hydrogen-bond acceptors (Lipinski definition) is 4. The maximum absolute atomic E-state index is 9.81. The number of nitrogens with zero attached hydrogens (tertiary/aromatic N) is 2. The van der Waals surface area contributed by atoms with Gasteiger partial charge < -0.3 is 0 Å². The van der Waals surface area contributed by atoms with Crippen molar-refractivity contribution in [2.45, 2.75) is 4.34 Å². The molecule has 5 aromatic rings. The molecule has 0 atom stereocenters. The molecule has 4 aromatic carbocycles. The van der Waals surface area contributed by atoms with Gasteiger partial charge >= 0.3 is 0 Å². The van der Waals surface area contributed by atoms with Gasteiger partial charge in [-0.15, -0.1) is 11.3 Å². The molecular formula is C24H14N2S2. The maximum Gasteiger partial charge on any atom is 0.156 e. The van der Waals surface area contributed by atoms with Gasteiger partial charge in [0.1, 0.15) is 6.07 Å². The zero-order valence-corrected chi connectivity index (χ0v) is 16.4. The van der Waals surface area contributed by atoms with Crippen LogP contribution in [-0.4, -0.2) is 4.98 Å². The normalized spacial score (nSPS) is 11.9. The van der Waals surface area contributed by atoms with Crippen molar-refractivity contribution in [3.05, 3.63) is 89.3 Å². The molecule has 4 heteroatoms. The third-order valence-corrected chi connectivity index (χ3v) is 6.70. The van der Waals surface area contributed by atoms with E-state index in [9.17, 15) is 5.26 Å². The number of thiazole rings is 1. The van der Waals surface area contributed by atoms with Crippen LogP contribution in [-0.2, 0) is 0 Å². The molecule has 0 bridgehead atoms. The highest BCUT2D eigenvalue weighted by Crippen LogP contribution is 2.36. The molecule has 0 amide bonds. The standard InChI is InChI=1S/C24H14N2S2/c25-15-18(27-24-26-22-11-5-6-12-23(22)28-24)14-21-19-9-3-1-7-16(19)13-17-8-2-4-10-20(17)21/h1-14H. The number of thioether (sulfide) groups is 1. The summed E-state index contributed by atoms with van der Waals surface area (Å²) in [6.07, 6.45) is 2.00. The highest BCUT2D eigenvalue weighted by atomic mass is 32.2. The van der Waals surface area contributed by atoms with Crippen LogP contribution < -0.4 is 0 Å². The van der Waals surface area contributed by atoms with E-state index in [2.05, 4.69) is 47.5 Å². The number of nitriles is 1. The van der Waals surface area contributed by atoms with Crippen LogP contribution in [0, 0.1) is 11.3 Å². The van der Waals surface area contributed by atoms with Gasteiger partial charge in [0.05, 0.1) is 15.1 Å². The molecule has 132 valence electrons. The van der Waals surface area contributed by atoms with Crippen molar-refractivity contribution in [1.82, 2.24) is 4.98 Å². The van der Waals surface area contributed by atoms with Crippen molar-refractivity contribution in [2.24, 2.45) is 0 Å². The summed E-state index contributed by atoms with van der Waals surface area (Å²) in [6, 6.07) is 29.3. The lowest BCUT2D eigenvalue weighted by Gasteiger charge is -2.09. The largest absolute Gasteiger partial charge is 0.229 e. The van der Waals surface area contributed by atoms with Crippen molar-refractivity contribution >= 4 is 60.9 Å². The first kappa shape index (κ1) is 17.0. The van der Waals surface area contributed by atoms with Crippen LogP contribution in [0.3, 0.4) is 0 Å². The summed E-state index contributed by atoms with van der Waals surface area (Å²) in [7, 11) is 0. The lowest BCUT2D eigenvalue weighted by atomic mass is 9.96. The highest BCUT2D eigenvalue weighted by molar-refractivity contribution is 8.05. The summed E-state index contributed by atoms with van der Waals surface area (Å²) < 4.78 is 2.02. The topological polar surface area (TPSA) is 36.7 Å². The van der Waals surface area contributed by atoms with Crippen molar-refractivity contribution in [3.63, 3.8) is 0 Å². The second-order valence-corrected chi connectivity index (χ2v) is 8.72. The summed E-state index contributed by atoms with van der Waals surface area (Å²) in [5.41, 5.74) is 2.06. The van der Waals surface area contributed by atoms with Gasteiger partial charge in [0.15, 0.2) is 4.34 Å². The van der Waals surface area contributed by atoms with Crippen LogP contribution in [0.2, 0.25) is 0 Å². The molecule has 5 rings (SSSR count). The Bertz CT molecular complexity index is 1320. The van der Waals surface area contributed by atoms with E-state index in [-0.39, 0.29) is 0 Å². The molecule has 1 heterocycles. The van der Waals surface area contributed by atoms with Crippen LogP contribution >= 0.6 is 23.1 Å². The number of benzene rings is 4. The number of allylic oxidation sites excluding steroid dienone is 1. The molecule has 0 saturated heterocycles. The summed E-state index contributed by atoms with van der Waals surface area (Å²) in [6.45, 7) is 0. The highest BCUT2D eigenvalue weighted by Gasteiger charge is 2.10. The fourth-order valence-electron chi connectivity index (χ4n) is 3.41. The molecule has 0 aliphatic rings. The Morgan fingerprint density at radius 1 is 0.893 bits per heavy atom. The van der Waals surface area contributed by atoms with Crippen molar-refractivity contribution in [3.8, 4) is 6.07 Å². The first-order chi connectivity index (χ1) is 13.8. The quantitative estimate of drug-likeness (QED) is 0.183. The first-order valence-corrected chi connectivity index (χ1v) is 10.5. The van der Waals surface area contributed by atoms with Gasteiger partial charge in [-0.1, -0.05) is 60.7 Å². The van der Waals surface area contributed by atoms with Gasteiger partial charge in [-0.2, -0.15) is 5.26 Å². The summed E-state index contributed by atoms with van der Waals surface area (Å²) in [5, 5.41) is 14.5. The number of aromatic nitrogens is 1. The number of para-hydroxylation sites is 1. The van der Waals surface area contributed by atoms with Gasteiger partial charge in [0.25, 0.3) is 0 Å². The van der Waals surface area contributed by atoms with Crippen LogP contribution in [0.5, 0.6) is 0 Å². The smallest absolute Gasteiger partial charge is 0.156 e. The average molecular weight is 395 g/mol. The molecule has 0 N–H and O–H groups in total. The Morgan fingerprint density at radius 2 is 1.54 bits per heavy atom. The minimum Gasteiger partial charge on any atom is -0.229 e. The Hall–Kier alpha value is -3.13. The third-order valence-electron chi connectivity index (χ3n) is 4.67. The lowest BCUT2D eigenvalue weighted by Crippen LogP contribution is -1.84.